The van der Waals surface area contributed by atoms with E-state index in [-0.39, 0.29) is 10.9 Å². The minimum absolute atomic E-state index is 0.0501. The molecule has 120 valence electrons. The molecule has 2 aromatic rings. The van der Waals surface area contributed by atoms with Gasteiger partial charge in [-0.05, 0) is 37.6 Å². The zero-order valence-corrected chi connectivity index (χ0v) is 13.5. The molecule has 0 aliphatic rings. The monoisotopic (exact) mass is 325 g/mol. The average Bonchev–Trinajstić information content (AvgIpc) is 2.95. The number of halogens is 1. The van der Waals surface area contributed by atoms with Gasteiger partial charge in [-0.3, -0.25) is 0 Å². The molecule has 0 bridgehead atoms. The van der Waals surface area contributed by atoms with Gasteiger partial charge in [0.05, 0.1) is 6.33 Å². The van der Waals surface area contributed by atoms with Crippen molar-refractivity contribution in [3.63, 3.8) is 0 Å². The van der Waals surface area contributed by atoms with Gasteiger partial charge in [-0.1, -0.05) is 6.07 Å². The van der Waals surface area contributed by atoms with Crippen LogP contribution in [0, 0.1) is 5.82 Å². The average molecular weight is 325 g/mol. The summed E-state index contributed by atoms with van der Waals surface area (Å²) in [6.45, 7) is 3.56. The number of nitrogens with zero attached hydrogens (tertiary/aromatic N) is 2. The molecule has 7 heteroatoms. The molecular formula is C15H20FN3O2S. The van der Waals surface area contributed by atoms with E-state index < -0.39 is 15.7 Å². The van der Waals surface area contributed by atoms with Crippen LogP contribution in [0.15, 0.2) is 41.8 Å². The Balaban J connectivity index is 1.89. The Labute approximate surface area is 130 Å². The van der Waals surface area contributed by atoms with Crippen molar-refractivity contribution >= 4 is 9.84 Å². The Kier molecular flexibility index (Phi) is 5.31. The zero-order chi connectivity index (χ0) is 16.2. The van der Waals surface area contributed by atoms with Crippen LogP contribution in [0.2, 0.25) is 0 Å². The molecule has 0 spiro atoms. The van der Waals surface area contributed by atoms with Crippen LogP contribution in [0.1, 0.15) is 24.9 Å². The standard InChI is InChI=1S/C15H20FN3O2S/c1-12(18-6-3-8-19-9-7-17-11-19)13-4-5-15(14(16)10-13)22(2,20)21/h4-5,7,9-12,18H,3,6,8H2,1-2H3. The van der Waals surface area contributed by atoms with Gasteiger partial charge in [0.2, 0.25) is 0 Å². The van der Waals surface area contributed by atoms with Crippen LogP contribution in [0.5, 0.6) is 0 Å². The third-order valence-electron chi connectivity index (χ3n) is 3.46. The Morgan fingerprint density at radius 1 is 1.41 bits per heavy atom. The minimum Gasteiger partial charge on any atom is -0.337 e. The van der Waals surface area contributed by atoms with Crippen LogP contribution in [0.3, 0.4) is 0 Å². The third kappa shape index (κ3) is 4.38. The van der Waals surface area contributed by atoms with E-state index >= 15 is 0 Å². The summed E-state index contributed by atoms with van der Waals surface area (Å²) in [7, 11) is -3.53. The second-order valence-electron chi connectivity index (χ2n) is 5.29. The highest BCUT2D eigenvalue weighted by atomic mass is 32.2. The van der Waals surface area contributed by atoms with Crippen molar-refractivity contribution in [1.82, 2.24) is 14.9 Å². The van der Waals surface area contributed by atoms with E-state index in [4.69, 9.17) is 0 Å². The quantitative estimate of drug-likeness (QED) is 0.793. The maximum Gasteiger partial charge on any atom is 0.178 e. The van der Waals surface area contributed by atoms with Crippen LogP contribution >= 0.6 is 0 Å². The molecule has 1 N–H and O–H groups in total. The van der Waals surface area contributed by atoms with Gasteiger partial charge < -0.3 is 9.88 Å². The topological polar surface area (TPSA) is 64.0 Å². The normalized spacial score (nSPS) is 13.2. The summed E-state index contributed by atoms with van der Waals surface area (Å²) < 4.78 is 38.6. The summed E-state index contributed by atoms with van der Waals surface area (Å²) in [5.74, 6) is -0.702. The van der Waals surface area contributed by atoms with E-state index in [0.717, 1.165) is 31.3 Å². The summed E-state index contributed by atoms with van der Waals surface area (Å²) in [4.78, 5) is 3.71. The molecule has 2 rings (SSSR count). The SMILES string of the molecule is CC(NCCCn1ccnc1)c1ccc(S(C)(=O)=O)c(F)c1. The number of hydrogen-bond donors (Lipinski definition) is 1. The van der Waals surface area contributed by atoms with E-state index in [1.165, 1.54) is 12.1 Å². The predicted molar refractivity (Wildman–Crippen MR) is 82.8 cm³/mol. The first-order chi connectivity index (χ1) is 10.4. The maximum absolute atomic E-state index is 13.9. The van der Waals surface area contributed by atoms with E-state index in [1.807, 2.05) is 17.7 Å². The maximum atomic E-state index is 13.9. The fraction of sp³-hybridized carbons (Fsp3) is 0.400. The van der Waals surface area contributed by atoms with Gasteiger partial charge in [-0.25, -0.2) is 17.8 Å². The van der Waals surface area contributed by atoms with Gasteiger partial charge in [0, 0.05) is 31.2 Å². The lowest BCUT2D eigenvalue weighted by Crippen LogP contribution is -2.21. The molecule has 0 aliphatic carbocycles. The molecule has 22 heavy (non-hydrogen) atoms. The largest absolute Gasteiger partial charge is 0.337 e. The van der Waals surface area contributed by atoms with Gasteiger partial charge in [-0.15, -0.1) is 0 Å². The van der Waals surface area contributed by atoms with E-state index in [1.54, 1.807) is 18.6 Å². The Hall–Kier alpha value is -1.73. The van der Waals surface area contributed by atoms with E-state index in [2.05, 4.69) is 10.3 Å². The third-order valence-corrected chi connectivity index (χ3v) is 4.59. The van der Waals surface area contributed by atoms with Crippen LogP contribution in [-0.2, 0) is 16.4 Å². The lowest BCUT2D eigenvalue weighted by molar-refractivity contribution is 0.520. The van der Waals surface area contributed by atoms with Gasteiger partial charge in [0.15, 0.2) is 9.84 Å². The highest BCUT2D eigenvalue weighted by Gasteiger charge is 2.15. The van der Waals surface area contributed by atoms with Crippen molar-refractivity contribution in [3.05, 3.63) is 48.3 Å². The molecule has 0 fully saturated rings. The highest BCUT2D eigenvalue weighted by Crippen LogP contribution is 2.20. The zero-order valence-electron chi connectivity index (χ0n) is 12.7. The Morgan fingerprint density at radius 3 is 2.77 bits per heavy atom. The first kappa shape index (κ1) is 16.6. The van der Waals surface area contributed by atoms with Crippen molar-refractivity contribution < 1.29 is 12.8 Å². The smallest absolute Gasteiger partial charge is 0.178 e. The van der Waals surface area contributed by atoms with Gasteiger partial charge in [-0.2, -0.15) is 0 Å². The first-order valence-corrected chi connectivity index (χ1v) is 8.95. The predicted octanol–water partition coefficient (Wildman–Crippen LogP) is 2.17. The van der Waals surface area contributed by atoms with Crippen molar-refractivity contribution in [3.8, 4) is 0 Å². The summed E-state index contributed by atoms with van der Waals surface area (Å²) in [5, 5.41) is 3.30. The van der Waals surface area contributed by atoms with Gasteiger partial charge in [0.1, 0.15) is 10.7 Å². The fourth-order valence-corrected chi connectivity index (χ4v) is 2.93. The van der Waals surface area contributed by atoms with Crippen molar-refractivity contribution in [2.75, 3.05) is 12.8 Å². The molecule has 1 aromatic heterocycles. The van der Waals surface area contributed by atoms with Crippen LogP contribution in [0.4, 0.5) is 4.39 Å². The molecular weight excluding hydrogens is 305 g/mol. The number of imidazole rings is 1. The second-order valence-corrected chi connectivity index (χ2v) is 7.28. The Bertz CT molecular complexity index is 714. The first-order valence-electron chi connectivity index (χ1n) is 7.06. The molecule has 1 atom stereocenters. The number of aryl methyl sites for hydroxylation is 1. The summed E-state index contributed by atoms with van der Waals surface area (Å²) in [6.07, 6.45) is 7.33. The van der Waals surface area contributed by atoms with Crippen LogP contribution in [0.25, 0.3) is 0 Å². The van der Waals surface area contributed by atoms with E-state index in [9.17, 15) is 12.8 Å². The Morgan fingerprint density at radius 2 is 2.18 bits per heavy atom. The van der Waals surface area contributed by atoms with Gasteiger partial charge in [0.25, 0.3) is 0 Å². The molecule has 0 amide bonds. The molecule has 1 unspecified atom stereocenters. The van der Waals surface area contributed by atoms with Crippen molar-refractivity contribution in [1.29, 1.82) is 0 Å². The summed E-state index contributed by atoms with van der Waals surface area (Å²) in [5.41, 5.74) is 0.729. The number of aromatic nitrogens is 2. The molecule has 0 radical (unpaired) electrons. The second kappa shape index (κ2) is 7.02. The van der Waals surface area contributed by atoms with Crippen LogP contribution in [-0.4, -0.2) is 30.8 Å². The lowest BCUT2D eigenvalue weighted by atomic mass is 10.1. The van der Waals surface area contributed by atoms with Crippen molar-refractivity contribution in [2.45, 2.75) is 30.8 Å². The van der Waals surface area contributed by atoms with Crippen molar-refractivity contribution in [2.24, 2.45) is 0 Å². The molecule has 1 aromatic carbocycles. The molecule has 0 saturated heterocycles. The minimum atomic E-state index is -3.53. The molecule has 5 nitrogen and oxygen atoms in total. The number of benzene rings is 1. The number of hydrogen-bond acceptors (Lipinski definition) is 4. The molecule has 1 heterocycles. The number of rotatable bonds is 7. The summed E-state index contributed by atoms with van der Waals surface area (Å²) >= 11 is 0. The lowest BCUT2D eigenvalue weighted by Gasteiger charge is -2.15. The highest BCUT2D eigenvalue weighted by molar-refractivity contribution is 7.90. The van der Waals surface area contributed by atoms with E-state index in [0.29, 0.717) is 0 Å². The fourth-order valence-electron chi connectivity index (χ4n) is 2.20. The summed E-state index contributed by atoms with van der Waals surface area (Å²) in [6, 6.07) is 4.20. The van der Waals surface area contributed by atoms with Crippen LogP contribution < -0.4 is 5.32 Å². The molecule has 0 saturated carbocycles. The van der Waals surface area contributed by atoms with Gasteiger partial charge >= 0.3 is 0 Å². The number of nitrogens with one attached hydrogen (secondary N) is 1. The molecule has 0 aliphatic heterocycles. The number of sulfone groups is 1.